The summed E-state index contributed by atoms with van der Waals surface area (Å²) in [6.45, 7) is 4.30. The van der Waals surface area contributed by atoms with Crippen molar-refractivity contribution in [1.29, 1.82) is 0 Å². The number of benzene rings is 1. The third kappa shape index (κ3) is 2.97. The highest BCUT2D eigenvalue weighted by atomic mass is 35.5. The van der Waals surface area contributed by atoms with Crippen LogP contribution < -0.4 is 5.73 Å². The predicted octanol–water partition coefficient (Wildman–Crippen LogP) is 4.53. The van der Waals surface area contributed by atoms with Gasteiger partial charge in [0.05, 0.1) is 6.61 Å². The van der Waals surface area contributed by atoms with E-state index in [1.165, 1.54) is 11.3 Å². The van der Waals surface area contributed by atoms with Gasteiger partial charge in [-0.2, -0.15) is 0 Å². The van der Waals surface area contributed by atoms with Crippen molar-refractivity contribution >= 4 is 33.9 Å². The first-order chi connectivity index (χ1) is 9.54. The molecule has 2 aromatic rings. The lowest BCUT2D eigenvalue weighted by atomic mass is 10.0. The number of esters is 1. The first kappa shape index (κ1) is 14.9. The van der Waals surface area contributed by atoms with Crippen LogP contribution in [-0.4, -0.2) is 12.6 Å². The Labute approximate surface area is 127 Å². The Balaban J connectivity index is 2.47. The lowest BCUT2D eigenvalue weighted by Crippen LogP contribution is -2.08. The van der Waals surface area contributed by atoms with Crippen LogP contribution in [0, 0.1) is 6.92 Å². The number of carbonyl (C=O) groups excluding carboxylic acids is 1. The molecule has 0 saturated carbocycles. The van der Waals surface area contributed by atoms with Gasteiger partial charge in [0.15, 0.2) is 0 Å². The first-order valence-electron chi connectivity index (χ1n) is 6.36. The first-order valence-corrected chi connectivity index (χ1v) is 7.56. The van der Waals surface area contributed by atoms with Crippen LogP contribution >= 0.6 is 22.9 Å². The Morgan fingerprint density at radius 1 is 1.35 bits per heavy atom. The standard InChI is InChI=1S/C15H16ClNO2S/c1-3-8-19-15(18)13-12(9(2)20-14(13)17)10-4-6-11(16)7-5-10/h4-7H,3,8,17H2,1-2H3. The van der Waals surface area contributed by atoms with Crippen LogP contribution in [0.15, 0.2) is 24.3 Å². The fourth-order valence-electron chi connectivity index (χ4n) is 2.00. The molecule has 2 rings (SSSR count). The van der Waals surface area contributed by atoms with Crippen LogP contribution in [0.5, 0.6) is 0 Å². The molecule has 2 N–H and O–H groups in total. The van der Waals surface area contributed by atoms with E-state index in [-0.39, 0.29) is 5.97 Å². The number of ether oxygens (including phenoxy) is 1. The largest absolute Gasteiger partial charge is 0.462 e. The summed E-state index contributed by atoms with van der Waals surface area (Å²) in [5.74, 6) is -0.362. The van der Waals surface area contributed by atoms with E-state index < -0.39 is 0 Å². The van der Waals surface area contributed by atoms with Crippen molar-refractivity contribution in [3.63, 3.8) is 0 Å². The summed E-state index contributed by atoms with van der Waals surface area (Å²) < 4.78 is 5.22. The number of carbonyl (C=O) groups is 1. The molecule has 106 valence electrons. The topological polar surface area (TPSA) is 52.3 Å². The Bertz CT molecular complexity index is 620. The van der Waals surface area contributed by atoms with E-state index in [2.05, 4.69) is 0 Å². The molecular formula is C15H16ClNO2S. The third-order valence-electron chi connectivity index (χ3n) is 2.89. The fourth-order valence-corrected chi connectivity index (χ4v) is 3.07. The van der Waals surface area contributed by atoms with E-state index in [1.807, 2.05) is 26.0 Å². The minimum absolute atomic E-state index is 0.362. The normalized spacial score (nSPS) is 10.6. The van der Waals surface area contributed by atoms with E-state index in [4.69, 9.17) is 22.1 Å². The van der Waals surface area contributed by atoms with Crippen LogP contribution in [-0.2, 0) is 4.74 Å². The molecule has 0 unspecified atom stereocenters. The Morgan fingerprint density at radius 2 is 2.00 bits per heavy atom. The second-order valence-corrected chi connectivity index (χ2v) is 6.11. The second kappa shape index (κ2) is 6.29. The molecule has 1 heterocycles. The van der Waals surface area contributed by atoms with Crippen LogP contribution in [0.4, 0.5) is 5.00 Å². The molecular weight excluding hydrogens is 294 g/mol. The van der Waals surface area contributed by atoms with E-state index in [9.17, 15) is 4.79 Å². The molecule has 0 radical (unpaired) electrons. The highest BCUT2D eigenvalue weighted by molar-refractivity contribution is 7.16. The molecule has 1 aromatic heterocycles. The molecule has 0 aliphatic carbocycles. The van der Waals surface area contributed by atoms with E-state index >= 15 is 0 Å². The number of anilines is 1. The fraction of sp³-hybridized carbons (Fsp3) is 0.267. The van der Waals surface area contributed by atoms with E-state index in [0.29, 0.717) is 22.2 Å². The minimum Gasteiger partial charge on any atom is -0.462 e. The summed E-state index contributed by atoms with van der Waals surface area (Å²) in [5, 5.41) is 1.15. The van der Waals surface area contributed by atoms with E-state index in [0.717, 1.165) is 22.4 Å². The maximum Gasteiger partial charge on any atom is 0.341 e. The number of aryl methyl sites for hydroxylation is 1. The molecule has 0 atom stereocenters. The Kier molecular flexibility index (Phi) is 4.68. The van der Waals surface area contributed by atoms with Gasteiger partial charge in [-0.3, -0.25) is 0 Å². The van der Waals surface area contributed by atoms with Crippen molar-refractivity contribution in [3.05, 3.63) is 39.7 Å². The SMILES string of the molecule is CCCOC(=O)c1c(N)sc(C)c1-c1ccc(Cl)cc1. The van der Waals surface area contributed by atoms with Gasteiger partial charge in [0.25, 0.3) is 0 Å². The van der Waals surface area contributed by atoms with Gasteiger partial charge < -0.3 is 10.5 Å². The highest BCUT2D eigenvalue weighted by Gasteiger charge is 2.22. The average molecular weight is 310 g/mol. The second-order valence-electron chi connectivity index (χ2n) is 4.42. The summed E-state index contributed by atoms with van der Waals surface area (Å²) in [6, 6.07) is 7.36. The Hall–Kier alpha value is -1.52. The van der Waals surface area contributed by atoms with Crippen LogP contribution in [0.3, 0.4) is 0 Å². The van der Waals surface area contributed by atoms with Gasteiger partial charge in [0, 0.05) is 15.5 Å². The third-order valence-corrected chi connectivity index (χ3v) is 4.07. The highest BCUT2D eigenvalue weighted by Crippen LogP contribution is 2.38. The van der Waals surface area contributed by atoms with Crippen molar-refractivity contribution in [2.24, 2.45) is 0 Å². The number of nitrogen functional groups attached to an aromatic ring is 1. The van der Waals surface area contributed by atoms with Crippen molar-refractivity contribution in [1.82, 2.24) is 0 Å². The molecule has 3 nitrogen and oxygen atoms in total. The molecule has 0 aliphatic heterocycles. The summed E-state index contributed by atoms with van der Waals surface area (Å²) in [7, 11) is 0. The zero-order valence-electron chi connectivity index (χ0n) is 11.4. The zero-order valence-corrected chi connectivity index (χ0v) is 13.0. The van der Waals surface area contributed by atoms with Crippen molar-refractivity contribution in [3.8, 4) is 11.1 Å². The quantitative estimate of drug-likeness (QED) is 0.844. The van der Waals surface area contributed by atoms with Crippen LogP contribution in [0.2, 0.25) is 5.02 Å². The summed E-state index contributed by atoms with van der Waals surface area (Å²) in [6.07, 6.45) is 0.783. The molecule has 5 heteroatoms. The van der Waals surface area contributed by atoms with Gasteiger partial charge in [-0.05, 0) is 31.0 Å². The summed E-state index contributed by atoms with van der Waals surface area (Å²) >= 11 is 7.30. The molecule has 0 fully saturated rings. The minimum atomic E-state index is -0.362. The van der Waals surface area contributed by atoms with Gasteiger partial charge >= 0.3 is 5.97 Å². The summed E-state index contributed by atoms with van der Waals surface area (Å²) in [4.78, 5) is 13.2. The molecule has 0 spiro atoms. The zero-order chi connectivity index (χ0) is 14.7. The van der Waals surface area contributed by atoms with Gasteiger partial charge in [0.1, 0.15) is 10.6 Å². The maximum atomic E-state index is 12.2. The number of hydrogen-bond acceptors (Lipinski definition) is 4. The van der Waals surface area contributed by atoms with Crippen molar-refractivity contribution in [2.75, 3.05) is 12.3 Å². The van der Waals surface area contributed by atoms with Crippen molar-refractivity contribution in [2.45, 2.75) is 20.3 Å². The van der Waals surface area contributed by atoms with Crippen LogP contribution in [0.25, 0.3) is 11.1 Å². The number of hydrogen-bond donors (Lipinski definition) is 1. The van der Waals surface area contributed by atoms with Crippen molar-refractivity contribution < 1.29 is 9.53 Å². The molecule has 1 aromatic carbocycles. The van der Waals surface area contributed by atoms with Gasteiger partial charge in [-0.15, -0.1) is 11.3 Å². The molecule has 0 amide bonds. The number of thiophene rings is 1. The average Bonchev–Trinajstić information content (AvgIpc) is 2.72. The molecule has 0 aliphatic rings. The smallest absolute Gasteiger partial charge is 0.341 e. The number of halogens is 1. The molecule has 0 bridgehead atoms. The number of nitrogens with two attached hydrogens (primary N) is 1. The molecule has 0 saturated heterocycles. The van der Waals surface area contributed by atoms with Gasteiger partial charge in [-0.1, -0.05) is 30.7 Å². The van der Waals surface area contributed by atoms with Gasteiger partial charge in [0.2, 0.25) is 0 Å². The summed E-state index contributed by atoms with van der Waals surface area (Å²) in [5.41, 5.74) is 8.19. The lowest BCUT2D eigenvalue weighted by Gasteiger charge is -2.07. The van der Waals surface area contributed by atoms with Crippen LogP contribution in [0.1, 0.15) is 28.6 Å². The predicted molar refractivity (Wildman–Crippen MR) is 84.5 cm³/mol. The Morgan fingerprint density at radius 3 is 2.60 bits per heavy atom. The van der Waals surface area contributed by atoms with E-state index in [1.54, 1.807) is 12.1 Å². The lowest BCUT2D eigenvalue weighted by molar-refractivity contribution is 0.0507. The molecule has 20 heavy (non-hydrogen) atoms. The maximum absolute atomic E-state index is 12.2. The number of rotatable bonds is 4. The van der Waals surface area contributed by atoms with Gasteiger partial charge in [-0.25, -0.2) is 4.79 Å². The monoisotopic (exact) mass is 309 g/mol.